The van der Waals surface area contributed by atoms with Gasteiger partial charge in [0.05, 0.1) is 24.5 Å². The van der Waals surface area contributed by atoms with Crippen LogP contribution in [0.1, 0.15) is 26.7 Å². The second-order valence-corrected chi connectivity index (χ2v) is 7.54. The molecule has 19 heavy (non-hydrogen) atoms. The highest BCUT2D eigenvalue weighted by atomic mass is 32.2. The van der Waals surface area contributed by atoms with Crippen molar-refractivity contribution in [3.63, 3.8) is 0 Å². The van der Waals surface area contributed by atoms with E-state index in [4.69, 9.17) is 0 Å². The van der Waals surface area contributed by atoms with Gasteiger partial charge in [-0.25, -0.2) is 13.2 Å². The standard InChI is InChI=1S/C12H21NO5S/c1-8(2)6-10(12(15)18-3)13-11(14)9-4-5-19(16,17)7-9/h8-10H,4-7H2,1-3H3,(H,13,14)/t9-,10-/m0/s1. The highest BCUT2D eigenvalue weighted by Crippen LogP contribution is 2.19. The van der Waals surface area contributed by atoms with Gasteiger partial charge in [-0.05, 0) is 18.8 Å². The Labute approximate surface area is 113 Å². The molecule has 1 aliphatic rings. The zero-order chi connectivity index (χ0) is 14.6. The lowest BCUT2D eigenvalue weighted by molar-refractivity contribution is -0.146. The van der Waals surface area contributed by atoms with E-state index in [0.717, 1.165) is 0 Å². The maximum atomic E-state index is 12.0. The molecule has 0 aromatic carbocycles. The third kappa shape index (κ3) is 4.81. The largest absolute Gasteiger partial charge is 0.467 e. The maximum Gasteiger partial charge on any atom is 0.328 e. The SMILES string of the molecule is COC(=O)[C@H](CC(C)C)NC(=O)[C@H]1CCS(=O)(=O)C1. The van der Waals surface area contributed by atoms with Crippen LogP contribution in [-0.4, -0.2) is 45.0 Å². The van der Waals surface area contributed by atoms with E-state index in [9.17, 15) is 18.0 Å². The van der Waals surface area contributed by atoms with Gasteiger partial charge in [-0.15, -0.1) is 0 Å². The summed E-state index contributed by atoms with van der Waals surface area (Å²) in [4.78, 5) is 23.5. The van der Waals surface area contributed by atoms with Crippen LogP contribution in [0.4, 0.5) is 0 Å². The molecule has 1 heterocycles. The van der Waals surface area contributed by atoms with Gasteiger partial charge < -0.3 is 10.1 Å². The molecule has 0 saturated carbocycles. The minimum absolute atomic E-state index is 0.0398. The van der Waals surface area contributed by atoms with Gasteiger partial charge in [-0.1, -0.05) is 13.8 Å². The van der Waals surface area contributed by atoms with Crippen molar-refractivity contribution in [1.29, 1.82) is 0 Å². The number of carbonyl (C=O) groups is 2. The Morgan fingerprint density at radius 2 is 2.00 bits per heavy atom. The van der Waals surface area contributed by atoms with Gasteiger partial charge in [0.15, 0.2) is 9.84 Å². The number of methoxy groups -OCH3 is 1. The second kappa shape index (κ2) is 6.36. The van der Waals surface area contributed by atoms with Crippen LogP contribution in [0, 0.1) is 11.8 Å². The molecule has 7 heteroatoms. The Kier molecular flexibility index (Phi) is 5.34. The third-order valence-electron chi connectivity index (χ3n) is 3.11. The van der Waals surface area contributed by atoms with Crippen LogP contribution in [0.5, 0.6) is 0 Å². The van der Waals surface area contributed by atoms with Crippen LogP contribution in [-0.2, 0) is 24.2 Å². The van der Waals surface area contributed by atoms with Gasteiger partial charge in [0, 0.05) is 0 Å². The highest BCUT2D eigenvalue weighted by Gasteiger charge is 2.35. The predicted molar refractivity (Wildman–Crippen MR) is 70.2 cm³/mol. The molecule has 0 radical (unpaired) electrons. The van der Waals surface area contributed by atoms with E-state index in [1.807, 2.05) is 13.8 Å². The summed E-state index contributed by atoms with van der Waals surface area (Å²) in [6, 6.07) is -0.708. The molecule has 1 rings (SSSR count). The number of nitrogens with one attached hydrogen (secondary N) is 1. The van der Waals surface area contributed by atoms with Crippen molar-refractivity contribution in [3.8, 4) is 0 Å². The first-order valence-electron chi connectivity index (χ1n) is 6.34. The first kappa shape index (κ1) is 15.9. The first-order chi connectivity index (χ1) is 8.75. The molecule has 0 spiro atoms. The number of amides is 1. The molecule has 1 saturated heterocycles. The van der Waals surface area contributed by atoms with Gasteiger partial charge in [0.1, 0.15) is 6.04 Å². The van der Waals surface area contributed by atoms with Crippen LogP contribution in [0.15, 0.2) is 0 Å². The predicted octanol–water partition coefficient (Wildman–Crippen LogP) is 0.125. The molecule has 0 aromatic heterocycles. The molecule has 0 aliphatic carbocycles. The van der Waals surface area contributed by atoms with E-state index >= 15 is 0 Å². The molecule has 0 unspecified atom stereocenters. The maximum absolute atomic E-state index is 12.0. The number of sulfone groups is 1. The Morgan fingerprint density at radius 3 is 2.42 bits per heavy atom. The molecule has 1 amide bonds. The summed E-state index contributed by atoms with van der Waals surface area (Å²) in [7, 11) is -1.84. The van der Waals surface area contributed by atoms with Crippen molar-refractivity contribution in [2.45, 2.75) is 32.7 Å². The van der Waals surface area contributed by atoms with E-state index in [1.165, 1.54) is 7.11 Å². The molecule has 1 aliphatic heterocycles. The minimum Gasteiger partial charge on any atom is -0.467 e. The minimum atomic E-state index is -3.10. The molecule has 0 bridgehead atoms. The van der Waals surface area contributed by atoms with Crippen LogP contribution >= 0.6 is 0 Å². The lowest BCUT2D eigenvalue weighted by atomic mass is 10.0. The summed E-state index contributed by atoms with van der Waals surface area (Å²) >= 11 is 0. The lowest BCUT2D eigenvalue weighted by Crippen LogP contribution is -2.45. The van der Waals surface area contributed by atoms with Gasteiger partial charge in [0.25, 0.3) is 0 Å². The summed E-state index contributed by atoms with van der Waals surface area (Å²) < 4.78 is 27.3. The zero-order valence-electron chi connectivity index (χ0n) is 11.5. The summed E-state index contributed by atoms with van der Waals surface area (Å²) in [5.41, 5.74) is 0. The third-order valence-corrected chi connectivity index (χ3v) is 4.88. The number of hydrogen-bond donors (Lipinski definition) is 1. The van der Waals surface area contributed by atoms with E-state index in [-0.39, 0.29) is 23.3 Å². The van der Waals surface area contributed by atoms with Crippen molar-refractivity contribution < 1.29 is 22.7 Å². The molecular formula is C12H21NO5S. The average molecular weight is 291 g/mol. The summed E-state index contributed by atoms with van der Waals surface area (Å²) in [5, 5.41) is 2.60. The van der Waals surface area contributed by atoms with Crippen LogP contribution in [0.3, 0.4) is 0 Å². The topological polar surface area (TPSA) is 89.5 Å². The number of carbonyl (C=O) groups excluding carboxylic acids is 2. The fourth-order valence-corrected chi connectivity index (χ4v) is 3.86. The number of esters is 1. The molecule has 6 nitrogen and oxygen atoms in total. The number of hydrogen-bond acceptors (Lipinski definition) is 5. The fraction of sp³-hybridized carbons (Fsp3) is 0.833. The smallest absolute Gasteiger partial charge is 0.328 e. The second-order valence-electron chi connectivity index (χ2n) is 5.31. The van der Waals surface area contributed by atoms with Crippen LogP contribution < -0.4 is 5.32 Å². The van der Waals surface area contributed by atoms with E-state index < -0.39 is 27.8 Å². The molecule has 1 N–H and O–H groups in total. The lowest BCUT2D eigenvalue weighted by Gasteiger charge is -2.19. The Morgan fingerprint density at radius 1 is 1.37 bits per heavy atom. The summed E-state index contributed by atoms with van der Waals surface area (Å²) in [5.74, 6) is -1.30. The Bertz CT molecular complexity index is 443. The van der Waals surface area contributed by atoms with E-state index in [2.05, 4.69) is 10.1 Å². The van der Waals surface area contributed by atoms with Gasteiger partial charge in [0.2, 0.25) is 5.91 Å². The summed E-state index contributed by atoms with van der Waals surface area (Å²) in [6.45, 7) is 3.87. The van der Waals surface area contributed by atoms with Crippen molar-refractivity contribution in [3.05, 3.63) is 0 Å². The monoisotopic (exact) mass is 291 g/mol. The van der Waals surface area contributed by atoms with Gasteiger partial charge in [-0.3, -0.25) is 4.79 Å². The van der Waals surface area contributed by atoms with Crippen LogP contribution in [0.25, 0.3) is 0 Å². The van der Waals surface area contributed by atoms with Crippen molar-refractivity contribution in [2.75, 3.05) is 18.6 Å². The molecule has 1 fully saturated rings. The Hall–Kier alpha value is -1.11. The van der Waals surface area contributed by atoms with Crippen molar-refractivity contribution in [1.82, 2.24) is 5.32 Å². The van der Waals surface area contributed by atoms with Gasteiger partial charge >= 0.3 is 5.97 Å². The van der Waals surface area contributed by atoms with E-state index in [0.29, 0.717) is 12.8 Å². The van der Waals surface area contributed by atoms with E-state index in [1.54, 1.807) is 0 Å². The average Bonchev–Trinajstić information content (AvgIpc) is 2.67. The van der Waals surface area contributed by atoms with Crippen LogP contribution in [0.2, 0.25) is 0 Å². The van der Waals surface area contributed by atoms with Crippen molar-refractivity contribution in [2.24, 2.45) is 11.8 Å². The fourth-order valence-electron chi connectivity index (χ4n) is 2.12. The Balaban J connectivity index is 2.64. The molecule has 2 atom stereocenters. The normalized spacial score (nSPS) is 23.1. The summed E-state index contributed by atoms with van der Waals surface area (Å²) in [6.07, 6.45) is 0.793. The quantitative estimate of drug-likeness (QED) is 0.727. The first-order valence-corrected chi connectivity index (χ1v) is 8.16. The number of rotatable bonds is 5. The van der Waals surface area contributed by atoms with Crippen molar-refractivity contribution >= 4 is 21.7 Å². The number of ether oxygens (including phenoxy) is 1. The molecular weight excluding hydrogens is 270 g/mol. The highest BCUT2D eigenvalue weighted by molar-refractivity contribution is 7.91. The molecule has 110 valence electrons. The zero-order valence-corrected chi connectivity index (χ0v) is 12.3. The van der Waals surface area contributed by atoms with Gasteiger partial charge in [-0.2, -0.15) is 0 Å². The molecule has 0 aromatic rings.